The zero-order valence-electron chi connectivity index (χ0n) is 19.3. The van der Waals surface area contributed by atoms with Gasteiger partial charge in [0.25, 0.3) is 5.91 Å². The third kappa shape index (κ3) is 7.93. The molecule has 0 aliphatic rings. The molecule has 3 aromatic rings. The quantitative estimate of drug-likeness (QED) is 0.198. The molecule has 1 N–H and O–H groups in total. The lowest BCUT2D eigenvalue weighted by atomic mass is 10.1. The summed E-state index contributed by atoms with van der Waals surface area (Å²) in [6.45, 7) is 3.59. The van der Waals surface area contributed by atoms with E-state index in [-0.39, 0.29) is 21.5 Å². The van der Waals surface area contributed by atoms with Gasteiger partial charge in [0.15, 0.2) is 0 Å². The van der Waals surface area contributed by atoms with E-state index in [0.717, 1.165) is 15.4 Å². The van der Waals surface area contributed by atoms with Crippen LogP contribution in [0.2, 0.25) is 10.0 Å². The average molecular weight is 546 g/mol. The number of amides is 1. The van der Waals surface area contributed by atoms with Crippen LogP contribution in [-0.4, -0.2) is 44.5 Å². The first-order valence-electron chi connectivity index (χ1n) is 10.9. The molecule has 0 bridgehead atoms. The first-order chi connectivity index (χ1) is 17.3. The molecule has 0 unspecified atom stereocenters. The molecule has 10 heteroatoms. The van der Waals surface area contributed by atoms with Crippen LogP contribution in [0.15, 0.2) is 95.4 Å². The van der Waals surface area contributed by atoms with Crippen molar-refractivity contribution in [1.29, 1.82) is 0 Å². The smallest absolute Gasteiger partial charge is 0.255 e. The van der Waals surface area contributed by atoms with E-state index in [1.807, 2.05) is 30.3 Å². The first-order valence-corrected chi connectivity index (χ1v) is 13.1. The molecule has 0 spiro atoms. The van der Waals surface area contributed by atoms with E-state index in [2.05, 4.69) is 17.1 Å². The normalized spacial score (nSPS) is 11.5. The van der Waals surface area contributed by atoms with Gasteiger partial charge in [0.2, 0.25) is 10.0 Å². The lowest BCUT2D eigenvalue weighted by Crippen LogP contribution is -2.40. The van der Waals surface area contributed by atoms with Crippen molar-refractivity contribution in [3.8, 4) is 5.75 Å². The molecular formula is C26H25Cl2N3O4S. The van der Waals surface area contributed by atoms with Crippen molar-refractivity contribution in [3.63, 3.8) is 0 Å². The predicted octanol–water partition coefficient (Wildman–Crippen LogP) is 4.94. The summed E-state index contributed by atoms with van der Waals surface area (Å²) in [7, 11) is -4.13. The van der Waals surface area contributed by atoms with Gasteiger partial charge in [-0.25, -0.2) is 13.8 Å². The van der Waals surface area contributed by atoms with Crippen LogP contribution < -0.4 is 10.2 Å². The summed E-state index contributed by atoms with van der Waals surface area (Å²) in [5.41, 5.74) is 4.03. The Labute approximate surface area is 221 Å². The third-order valence-corrected chi connectivity index (χ3v) is 7.54. The number of nitrogens with one attached hydrogen (secondary N) is 1. The van der Waals surface area contributed by atoms with Crippen molar-refractivity contribution in [3.05, 3.63) is 107 Å². The fraction of sp³-hybridized carbons (Fsp3) is 0.154. The molecule has 188 valence electrons. The van der Waals surface area contributed by atoms with Gasteiger partial charge in [0.05, 0.1) is 17.8 Å². The van der Waals surface area contributed by atoms with Crippen molar-refractivity contribution in [1.82, 2.24) is 9.73 Å². The van der Waals surface area contributed by atoms with Crippen molar-refractivity contribution >= 4 is 45.3 Å². The van der Waals surface area contributed by atoms with Gasteiger partial charge in [-0.05, 0) is 60.0 Å². The standard InChI is InChI=1S/C26H25Cl2N3O4S/c1-2-16-35-23-11-8-21(9-12-23)18-29-30-26(32)19-31(15-14-20-6-4-3-5-7-20)36(33,34)25-17-22(27)10-13-24(25)28/h2-13,17-18H,1,14-16,19H2,(H,30,32)/b29-18-. The van der Waals surface area contributed by atoms with Crippen LogP contribution in [0.1, 0.15) is 11.1 Å². The summed E-state index contributed by atoms with van der Waals surface area (Å²) in [4.78, 5) is 12.5. The van der Waals surface area contributed by atoms with Crippen LogP contribution in [0.25, 0.3) is 0 Å². The molecule has 0 heterocycles. The Kier molecular flexibility index (Phi) is 10.1. The van der Waals surface area contributed by atoms with Crippen molar-refractivity contribution in [2.24, 2.45) is 5.10 Å². The number of halogens is 2. The minimum absolute atomic E-state index is 0.0167. The van der Waals surface area contributed by atoms with Gasteiger partial charge in [-0.1, -0.05) is 66.2 Å². The topological polar surface area (TPSA) is 88.1 Å². The SMILES string of the molecule is C=CCOc1ccc(/C=N\NC(=O)CN(CCc2ccccc2)S(=O)(=O)c2cc(Cl)ccc2Cl)cc1. The summed E-state index contributed by atoms with van der Waals surface area (Å²) >= 11 is 12.2. The van der Waals surface area contributed by atoms with Gasteiger partial charge in [0.1, 0.15) is 17.3 Å². The van der Waals surface area contributed by atoms with Crippen LogP contribution in [0.3, 0.4) is 0 Å². The van der Waals surface area contributed by atoms with E-state index < -0.39 is 22.5 Å². The Balaban J connectivity index is 1.72. The summed E-state index contributed by atoms with van der Waals surface area (Å²) in [5.74, 6) is 0.0713. The third-order valence-electron chi connectivity index (χ3n) is 4.97. The number of hydrazone groups is 1. The second-order valence-electron chi connectivity index (χ2n) is 7.61. The molecule has 0 atom stereocenters. The van der Waals surface area contributed by atoms with Gasteiger partial charge < -0.3 is 4.74 Å². The maximum Gasteiger partial charge on any atom is 0.255 e. The highest BCUT2D eigenvalue weighted by Crippen LogP contribution is 2.28. The lowest BCUT2D eigenvalue weighted by molar-refractivity contribution is -0.121. The molecule has 0 saturated carbocycles. The molecule has 3 rings (SSSR count). The number of hydrogen-bond donors (Lipinski definition) is 1. The molecule has 0 fully saturated rings. The van der Waals surface area contributed by atoms with Crippen LogP contribution in [0, 0.1) is 0 Å². The second-order valence-corrected chi connectivity index (χ2v) is 10.4. The number of carbonyl (C=O) groups is 1. The summed E-state index contributed by atoms with van der Waals surface area (Å²) < 4.78 is 33.3. The molecule has 0 saturated heterocycles. The number of ether oxygens (including phenoxy) is 1. The van der Waals surface area contributed by atoms with E-state index in [4.69, 9.17) is 27.9 Å². The first kappa shape index (κ1) is 27.4. The zero-order chi connectivity index (χ0) is 26.0. The van der Waals surface area contributed by atoms with Crippen molar-refractivity contribution in [2.75, 3.05) is 19.7 Å². The van der Waals surface area contributed by atoms with E-state index in [0.29, 0.717) is 18.8 Å². The number of rotatable bonds is 12. The number of hydrogen-bond acceptors (Lipinski definition) is 5. The molecular weight excluding hydrogens is 521 g/mol. The van der Waals surface area contributed by atoms with Crippen LogP contribution >= 0.6 is 23.2 Å². The highest BCUT2D eigenvalue weighted by molar-refractivity contribution is 7.89. The average Bonchev–Trinajstić information content (AvgIpc) is 2.88. The Morgan fingerprint density at radius 1 is 1.06 bits per heavy atom. The summed E-state index contributed by atoms with van der Waals surface area (Å²) in [6.07, 6.45) is 3.50. The highest BCUT2D eigenvalue weighted by atomic mass is 35.5. The Bertz CT molecular complexity index is 1310. The maximum atomic E-state index is 13.4. The minimum Gasteiger partial charge on any atom is -0.490 e. The monoisotopic (exact) mass is 545 g/mol. The molecule has 0 aliphatic carbocycles. The van der Waals surface area contributed by atoms with Gasteiger partial charge in [-0.3, -0.25) is 4.79 Å². The second kappa shape index (κ2) is 13.2. The molecule has 1 amide bonds. The minimum atomic E-state index is -4.13. The van der Waals surface area contributed by atoms with E-state index in [1.165, 1.54) is 24.4 Å². The van der Waals surface area contributed by atoms with Crippen molar-refractivity contribution < 1.29 is 17.9 Å². The molecule has 0 aromatic heterocycles. The fourth-order valence-corrected chi connectivity index (χ4v) is 5.31. The largest absolute Gasteiger partial charge is 0.490 e. The van der Waals surface area contributed by atoms with E-state index in [1.54, 1.807) is 30.3 Å². The number of sulfonamides is 1. The van der Waals surface area contributed by atoms with Crippen LogP contribution in [-0.2, 0) is 21.2 Å². The maximum absolute atomic E-state index is 13.4. The Hall–Kier alpha value is -3.17. The molecule has 7 nitrogen and oxygen atoms in total. The zero-order valence-corrected chi connectivity index (χ0v) is 21.6. The van der Waals surface area contributed by atoms with Gasteiger partial charge in [0, 0.05) is 11.6 Å². The van der Waals surface area contributed by atoms with Gasteiger partial charge in [-0.2, -0.15) is 9.41 Å². The van der Waals surface area contributed by atoms with Gasteiger partial charge in [-0.15, -0.1) is 0 Å². The molecule has 0 radical (unpaired) electrons. The summed E-state index contributed by atoms with van der Waals surface area (Å²) in [5, 5.41) is 4.18. The van der Waals surface area contributed by atoms with Crippen LogP contribution in [0.5, 0.6) is 5.75 Å². The molecule has 36 heavy (non-hydrogen) atoms. The fourth-order valence-electron chi connectivity index (χ4n) is 3.18. The number of carbonyl (C=O) groups excluding carboxylic acids is 1. The van der Waals surface area contributed by atoms with Gasteiger partial charge >= 0.3 is 0 Å². The van der Waals surface area contributed by atoms with Crippen molar-refractivity contribution in [2.45, 2.75) is 11.3 Å². The van der Waals surface area contributed by atoms with Crippen LogP contribution in [0.4, 0.5) is 0 Å². The predicted molar refractivity (Wildman–Crippen MR) is 143 cm³/mol. The Morgan fingerprint density at radius 3 is 2.47 bits per heavy atom. The lowest BCUT2D eigenvalue weighted by Gasteiger charge is -2.22. The Morgan fingerprint density at radius 2 is 1.78 bits per heavy atom. The van der Waals surface area contributed by atoms with E-state index >= 15 is 0 Å². The van der Waals surface area contributed by atoms with E-state index in [9.17, 15) is 13.2 Å². The number of nitrogens with zero attached hydrogens (tertiary/aromatic N) is 2. The molecule has 0 aliphatic heterocycles. The highest BCUT2D eigenvalue weighted by Gasteiger charge is 2.28. The molecule has 3 aromatic carbocycles. The number of benzene rings is 3. The summed E-state index contributed by atoms with van der Waals surface area (Å²) in [6, 6.07) is 20.6.